The monoisotopic (exact) mass is 439 g/mol. The first kappa shape index (κ1) is 20.7. The summed E-state index contributed by atoms with van der Waals surface area (Å²) < 4.78 is 21.6. The number of nitrogens with zero attached hydrogens (tertiary/aromatic N) is 1. The van der Waals surface area contributed by atoms with Gasteiger partial charge in [-0.3, -0.25) is 30.6 Å². The molecule has 32 heavy (non-hydrogen) atoms. The van der Waals surface area contributed by atoms with Crippen LogP contribution < -0.4 is 25.1 Å². The molecule has 0 spiro atoms. The lowest BCUT2D eigenvalue weighted by atomic mass is 10.1. The highest BCUT2D eigenvalue weighted by Gasteiger charge is 2.27. The maximum atomic E-state index is 12.5. The van der Waals surface area contributed by atoms with Crippen LogP contribution in [0.5, 0.6) is 17.2 Å². The molecule has 11 heteroatoms. The Balaban J connectivity index is 1.38. The SMILES string of the molecule is O=C(NNC(=O)c1cc2c(cc1[N+](=O)[O-])OCCO2)c1ccc(COc2ccccc2)o1. The number of carbonyl (C=O) groups is 2. The zero-order chi connectivity index (χ0) is 22.5. The highest BCUT2D eigenvalue weighted by Crippen LogP contribution is 2.36. The highest BCUT2D eigenvalue weighted by molar-refractivity contribution is 6.01. The van der Waals surface area contributed by atoms with Crippen molar-refractivity contribution >= 4 is 17.5 Å². The van der Waals surface area contributed by atoms with Crippen molar-refractivity contribution in [3.8, 4) is 17.2 Å². The normalized spacial score (nSPS) is 12.0. The molecule has 2 N–H and O–H groups in total. The van der Waals surface area contributed by atoms with E-state index in [2.05, 4.69) is 10.9 Å². The van der Waals surface area contributed by atoms with Gasteiger partial charge in [-0.1, -0.05) is 18.2 Å². The topological polar surface area (TPSA) is 142 Å². The summed E-state index contributed by atoms with van der Waals surface area (Å²) in [6.07, 6.45) is 0. The molecule has 0 bridgehead atoms. The van der Waals surface area contributed by atoms with Crippen LogP contribution in [0, 0.1) is 10.1 Å². The van der Waals surface area contributed by atoms with Gasteiger partial charge in [-0.05, 0) is 24.3 Å². The molecule has 0 aliphatic carbocycles. The first-order valence-corrected chi connectivity index (χ1v) is 9.46. The zero-order valence-corrected chi connectivity index (χ0v) is 16.5. The molecule has 3 aromatic rings. The quantitative estimate of drug-likeness (QED) is 0.441. The van der Waals surface area contributed by atoms with Crippen LogP contribution in [0.3, 0.4) is 0 Å². The Kier molecular flexibility index (Phi) is 5.88. The fraction of sp³-hybridized carbons (Fsp3) is 0.143. The Labute approximate surface area is 181 Å². The third kappa shape index (κ3) is 4.61. The Bertz CT molecular complexity index is 1160. The van der Waals surface area contributed by atoms with Gasteiger partial charge in [0.2, 0.25) is 0 Å². The molecule has 0 saturated heterocycles. The first-order chi connectivity index (χ1) is 15.5. The highest BCUT2D eigenvalue weighted by atomic mass is 16.6. The third-order valence-electron chi connectivity index (χ3n) is 4.40. The molecule has 11 nitrogen and oxygen atoms in total. The van der Waals surface area contributed by atoms with Crippen molar-refractivity contribution in [3.63, 3.8) is 0 Å². The van der Waals surface area contributed by atoms with Crippen LogP contribution >= 0.6 is 0 Å². The summed E-state index contributed by atoms with van der Waals surface area (Å²) in [7, 11) is 0. The summed E-state index contributed by atoms with van der Waals surface area (Å²) in [6, 6.07) is 14.3. The van der Waals surface area contributed by atoms with Crippen molar-refractivity contribution in [1.82, 2.24) is 10.9 Å². The van der Waals surface area contributed by atoms with Crippen LogP contribution in [0.15, 0.2) is 59.0 Å². The maximum Gasteiger partial charge on any atom is 0.305 e. The lowest BCUT2D eigenvalue weighted by Crippen LogP contribution is -2.41. The number of hydrazine groups is 1. The van der Waals surface area contributed by atoms with Crippen molar-refractivity contribution in [1.29, 1.82) is 0 Å². The number of hydrogen-bond donors (Lipinski definition) is 2. The molecule has 2 amide bonds. The number of rotatable bonds is 6. The molecule has 164 valence electrons. The van der Waals surface area contributed by atoms with Crippen LogP contribution in [0.25, 0.3) is 0 Å². The summed E-state index contributed by atoms with van der Waals surface area (Å²) in [6.45, 7) is 0.595. The van der Waals surface area contributed by atoms with E-state index in [9.17, 15) is 19.7 Å². The number of ether oxygens (including phenoxy) is 3. The number of benzene rings is 2. The van der Waals surface area contributed by atoms with Gasteiger partial charge in [0.1, 0.15) is 36.9 Å². The fourth-order valence-electron chi connectivity index (χ4n) is 2.90. The fourth-order valence-corrected chi connectivity index (χ4v) is 2.90. The van der Waals surface area contributed by atoms with E-state index in [1.165, 1.54) is 12.1 Å². The number of furan rings is 1. The van der Waals surface area contributed by atoms with Gasteiger partial charge >= 0.3 is 5.91 Å². The zero-order valence-electron chi connectivity index (χ0n) is 16.5. The molecular weight excluding hydrogens is 422 g/mol. The van der Waals surface area contributed by atoms with Gasteiger partial charge < -0.3 is 18.6 Å². The minimum atomic E-state index is -0.902. The average Bonchev–Trinajstić information content (AvgIpc) is 3.30. The number of nitro groups is 1. The number of amides is 2. The predicted molar refractivity (Wildman–Crippen MR) is 109 cm³/mol. The predicted octanol–water partition coefficient (Wildman–Crippen LogP) is 2.61. The number of fused-ring (bicyclic) bond motifs is 1. The smallest absolute Gasteiger partial charge is 0.305 e. The van der Waals surface area contributed by atoms with Gasteiger partial charge in [-0.15, -0.1) is 0 Å². The lowest BCUT2D eigenvalue weighted by molar-refractivity contribution is -0.385. The van der Waals surface area contributed by atoms with E-state index >= 15 is 0 Å². The molecule has 0 saturated carbocycles. The Hall–Kier alpha value is -4.54. The van der Waals surface area contributed by atoms with Gasteiger partial charge in [-0.25, -0.2) is 0 Å². The second-order valence-corrected chi connectivity index (χ2v) is 6.55. The van der Waals surface area contributed by atoms with Gasteiger partial charge in [0, 0.05) is 6.07 Å². The number of carbonyl (C=O) groups excluding carboxylic acids is 2. The van der Waals surface area contributed by atoms with Crippen molar-refractivity contribution in [3.05, 3.63) is 81.8 Å². The minimum Gasteiger partial charge on any atom is -0.486 e. The van der Waals surface area contributed by atoms with Crippen LogP contribution in [0.4, 0.5) is 5.69 Å². The number of nitro benzene ring substituents is 1. The van der Waals surface area contributed by atoms with Gasteiger partial charge in [-0.2, -0.15) is 0 Å². The summed E-state index contributed by atoms with van der Waals surface area (Å²) in [5.41, 5.74) is 3.52. The Morgan fingerprint density at radius 1 is 0.969 bits per heavy atom. The van der Waals surface area contributed by atoms with E-state index in [4.69, 9.17) is 18.6 Å². The van der Waals surface area contributed by atoms with E-state index in [1.54, 1.807) is 18.2 Å². The number of para-hydroxylation sites is 1. The Morgan fingerprint density at radius 3 is 2.38 bits per heavy atom. The third-order valence-corrected chi connectivity index (χ3v) is 4.40. The van der Waals surface area contributed by atoms with Gasteiger partial charge in [0.05, 0.1) is 11.0 Å². The molecule has 1 aliphatic heterocycles. The largest absolute Gasteiger partial charge is 0.486 e. The Morgan fingerprint density at radius 2 is 1.66 bits per heavy atom. The van der Waals surface area contributed by atoms with Crippen LogP contribution in [0.1, 0.15) is 26.7 Å². The lowest BCUT2D eigenvalue weighted by Gasteiger charge is -2.18. The van der Waals surface area contributed by atoms with Crippen LogP contribution in [0.2, 0.25) is 0 Å². The molecule has 1 aliphatic rings. The second-order valence-electron chi connectivity index (χ2n) is 6.55. The van der Waals surface area contributed by atoms with E-state index in [0.29, 0.717) is 11.5 Å². The second kappa shape index (κ2) is 9.08. The molecule has 0 atom stereocenters. The van der Waals surface area contributed by atoms with Crippen LogP contribution in [-0.2, 0) is 6.61 Å². The van der Waals surface area contributed by atoms with Crippen LogP contribution in [-0.4, -0.2) is 30.0 Å². The first-order valence-electron chi connectivity index (χ1n) is 9.46. The number of hydrogen-bond acceptors (Lipinski definition) is 8. The summed E-state index contributed by atoms with van der Waals surface area (Å²) in [5.74, 6) is -0.313. The van der Waals surface area contributed by atoms with Gasteiger partial charge in [0.25, 0.3) is 11.6 Å². The molecular formula is C21H17N3O8. The maximum absolute atomic E-state index is 12.5. The average molecular weight is 439 g/mol. The summed E-state index contributed by atoms with van der Waals surface area (Å²) in [4.78, 5) is 35.4. The van der Waals surface area contributed by atoms with Crippen molar-refractivity contribution in [2.75, 3.05) is 13.2 Å². The molecule has 1 aromatic heterocycles. The van der Waals surface area contributed by atoms with Crippen molar-refractivity contribution < 1.29 is 33.1 Å². The van der Waals surface area contributed by atoms with Crippen molar-refractivity contribution in [2.45, 2.75) is 6.61 Å². The molecule has 0 unspecified atom stereocenters. The summed E-state index contributed by atoms with van der Waals surface area (Å²) in [5, 5.41) is 11.4. The standard InChI is InChI=1S/C21H17N3O8/c25-20(15-10-18-19(30-9-8-29-18)11-16(15)24(27)28)22-23-21(26)17-7-6-14(32-17)12-31-13-4-2-1-3-5-13/h1-7,10-11H,8-9,12H2,(H,22,25)(H,23,26). The molecule has 0 radical (unpaired) electrons. The van der Waals surface area contributed by atoms with Crippen molar-refractivity contribution in [2.24, 2.45) is 0 Å². The van der Waals surface area contributed by atoms with E-state index < -0.39 is 22.4 Å². The molecule has 0 fully saturated rings. The summed E-state index contributed by atoms with van der Waals surface area (Å²) >= 11 is 0. The molecule has 4 rings (SSSR count). The van der Waals surface area contributed by atoms with E-state index in [1.807, 2.05) is 18.2 Å². The van der Waals surface area contributed by atoms with E-state index in [-0.39, 0.29) is 42.6 Å². The number of nitrogens with one attached hydrogen (secondary N) is 2. The molecule has 2 aromatic carbocycles. The molecule has 2 heterocycles. The minimum absolute atomic E-state index is 0.0753. The van der Waals surface area contributed by atoms with Gasteiger partial charge in [0.15, 0.2) is 17.3 Å². The van der Waals surface area contributed by atoms with E-state index in [0.717, 1.165) is 6.07 Å².